The SMILES string of the molecule is O=C1N(Cc2ccc(Oc3ccccc3)cc2)CCC12CCCN(S(=O)(=O)c1cc(Cl)cc(Cl)c1)C2. The number of benzene rings is 3. The topological polar surface area (TPSA) is 66.9 Å². The first-order chi connectivity index (χ1) is 17.2. The maximum atomic E-state index is 13.5. The van der Waals surface area contributed by atoms with Crippen LogP contribution < -0.4 is 4.74 Å². The molecule has 1 unspecified atom stereocenters. The number of halogens is 2. The summed E-state index contributed by atoms with van der Waals surface area (Å²) >= 11 is 12.1. The molecule has 0 radical (unpaired) electrons. The molecule has 1 atom stereocenters. The molecule has 0 saturated carbocycles. The molecule has 188 valence electrons. The van der Waals surface area contributed by atoms with Crippen LogP contribution in [-0.2, 0) is 21.4 Å². The summed E-state index contributed by atoms with van der Waals surface area (Å²) in [7, 11) is -3.82. The Labute approximate surface area is 221 Å². The molecule has 0 aliphatic carbocycles. The van der Waals surface area contributed by atoms with Gasteiger partial charge < -0.3 is 9.64 Å². The van der Waals surface area contributed by atoms with E-state index in [2.05, 4.69) is 0 Å². The van der Waals surface area contributed by atoms with Gasteiger partial charge in [0.2, 0.25) is 15.9 Å². The van der Waals surface area contributed by atoms with E-state index in [1.165, 1.54) is 22.5 Å². The van der Waals surface area contributed by atoms with Crippen molar-refractivity contribution in [2.24, 2.45) is 5.41 Å². The van der Waals surface area contributed by atoms with E-state index in [1.54, 1.807) is 0 Å². The van der Waals surface area contributed by atoms with E-state index in [1.807, 2.05) is 59.5 Å². The summed E-state index contributed by atoms with van der Waals surface area (Å²) in [6.45, 7) is 1.60. The molecule has 3 aromatic rings. The van der Waals surface area contributed by atoms with Gasteiger partial charge in [0.1, 0.15) is 11.5 Å². The van der Waals surface area contributed by atoms with Crippen molar-refractivity contribution in [2.75, 3.05) is 19.6 Å². The minimum absolute atomic E-state index is 0.0103. The maximum Gasteiger partial charge on any atom is 0.243 e. The third-order valence-electron chi connectivity index (χ3n) is 6.89. The van der Waals surface area contributed by atoms with Gasteiger partial charge in [-0.05, 0) is 67.3 Å². The lowest BCUT2D eigenvalue weighted by Gasteiger charge is -2.38. The van der Waals surface area contributed by atoms with Crippen LogP contribution in [0.3, 0.4) is 0 Å². The summed E-state index contributed by atoms with van der Waals surface area (Å²) < 4.78 is 34.0. The molecule has 1 spiro atoms. The highest BCUT2D eigenvalue weighted by Crippen LogP contribution is 2.42. The Hall–Kier alpha value is -2.58. The summed E-state index contributed by atoms with van der Waals surface area (Å²) in [4.78, 5) is 15.4. The second-order valence-electron chi connectivity index (χ2n) is 9.36. The van der Waals surface area contributed by atoms with E-state index in [4.69, 9.17) is 27.9 Å². The summed E-state index contributed by atoms with van der Waals surface area (Å²) in [5.41, 5.74) is 0.291. The monoisotopic (exact) mass is 544 g/mol. The van der Waals surface area contributed by atoms with Crippen molar-refractivity contribution in [1.82, 2.24) is 9.21 Å². The number of nitrogens with zero attached hydrogens (tertiary/aromatic N) is 2. The minimum atomic E-state index is -3.82. The first-order valence-corrected chi connectivity index (χ1v) is 14.0. The molecule has 5 rings (SSSR count). The highest BCUT2D eigenvalue weighted by atomic mass is 35.5. The Morgan fingerprint density at radius 2 is 1.53 bits per heavy atom. The molecule has 0 bridgehead atoms. The standard InChI is InChI=1S/C27H26Cl2N2O4S/c28-21-15-22(29)17-25(16-21)36(33,34)31-13-4-11-27(19-31)12-14-30(26(27)32)18-20-7-9-24(10-8-20)35-23-5-2-1-3-6-23/h1-3,5-10,15-17H,4,11-14,18-19H2. The fraction of sp³-hybridized carbons (Fsp3) is 0.296. The smallest absolute Gasteiger partial charge is 0.243 e. The molecular weight excluding hydrogens is 519 g/mol. The third-order valence-corrected chi connectivity index (χ3v) is 9.15. The molecule has 2 saturated heterocycles. The lowest BCUT2D eigenvalue weighted by Crippen LogP contribution is -2.49. The molecule has 3 aromatic carbocycles. The third kappa shape index (κ3) is 5.11. The first kappa shape index (κ1) is 25.1. The van der Waals surface area contributed by atoms with E-state index < -0.39 is 15.4 Å². The number of carbonyl (C=O) groups is 1. The van der Waals surface area contributed by atoms with E-state index in [0.717, 1.165) is 17.1 Å². The van der Waals surface area contributed by atoms with E-state index in [9.17, 15) is 13.2 Å². The van der Waals surface area contributed by atoms with Crippen LogP contribution in [0, 0.1) is 5.41 Å². The average molecular weight is 545 g/mol. The van der Waals surface area contributed by atoms with Crippen LogP contribution in [0.4, 0.5) is 0 Å². The lowest BCUT2D eigenvalue weighted by molar-refractivity contribution is -0.138. The van der Waals surface area contributed by atoms with Crippen molar-refractivity contribution < 1.29 is 17.9 Å². The average Bonchev–Trinajstić information content (AvgIpc) is 3.14. The zero-order valence-corrected chi connectivity index (χ0v) is 21.9. The predicted octanol–water partition coefficient (Wildman–Crippen LogP) is 5.99. The van der Waals surface area contributed by atoms with Crippen molar-refractivity contribution >= 4 is 39.1 Å². The summed E-state index contributed by atoms with van der Waals surface area (Å²) in [6, 6.07) is 21.6. The number of hydrogen-bond donors (Lipinski definition) is 0. The normalized spacial score (nSPS) is 20.7. The van der Waals surface area contributed by atoms with Gasteiger partial charge in [-0.1, -0.05) is 53.5 Å². The molecule has 2 aliphatic heterocycles. The van der Waals surface area contributed by atoms with Crippen molar-refractivity contribution in [2.45, 2.75) is 30.7 Å². The first-order valence-electron chi connectivity index (χ1n) is 11.8. The Bertz CT molecular complexity index is 1350. The van der Waals surface area contributed by atoms with Crippen LogP contribution in [-0.4, -0.2) is 43.2 Å². The largest absolute Gasteiger partial charge is 0.457 e. The Balaban J connectivity index is 1.27. The van der Waals surface area contributed by atoms with Gasteiger partial charge >= 0.3 is 0 Å². The molecule has 1 amide bonds. The van der Waals surface area contributed by atoms with Crippen LogP contribution in [0.5, 0.6) is 11.5 Å². The number of amides is 1. The molecular formula is C27H26Cl2N2O4S. The molecule has 0 N–H and O–H groups in total. The number of ether oxygens (including phenoxy) is 1. The number of hydrogen-bond acceptors (Lipinski definition) is 4. The van der Waals surface area contributed by atoms with Gasteiger partial charge in [-0.15, -0.1) is 0 Å². The molecule has 2 fully saturated rings. The minimum Gasteiger partial charge on any atom is -0.457 e. The number of carbonyl (C=O) groups excluding carboxylic acids is 1. The summed E-state index contributed by atoms with van der Waals surface area (Å²) in [6.07, 6.45) is 1.93. The summed E-state index contributed by atoms with van der Waals surface area (Å²) in [5, 5.41) is 0.521. The van der Waals surface area contributed by atoms with Crippen molar-refractivity contribution in [3.05, 3.63) is 88.4 Å². The number of para-hydroxylation sites is 1. The van der Waals surface area contributed by atoms with Crippen LogP contribution >= 0.6 is 23.2 Å². The van der Waals surface area contributed by atoms with Crippen LogP contribution in [0.15, 0.2) is 77.7 Å². The van der Waals surface area contributed by atoms with Gasteiger partial charge in [0.15, 0.2) is 0 Å². The Kier molecular flexibility index (Phi) is 7.01. The van der Waals surface area contributed by atoms with Gasteiger partial charge in [0.25, 0.3) is 0 Å². The number of likely N-dealkylation sites (tertiary alicyclic amines) is 1. The number of rotatable bonds is 6. The van der Waals surface area contributed by atoms with Gasteiger partial charge in [-0.25, -0.2) is 8.42 Å². The molecule has 2 heterocycles. The molecule has 9 heteroatoms. The van der Waals surface area contributed by atoms with E-state index in [0.29, 0.717) is 38.9 Å². The van der Waals surface area contributed by atoms with Crippen LogP contribution in [0.25, 0.3) is 0 Å². The maximum absolute atomic E-state index is 13.5. The fourth-order valence-corrected chi connectivity index (χ4v) is 7.34. The zero-order chi connectivity index (χ0) is 25.3. The van der Waals surface area contributed by atoms with E-state index >= 15 is 0 Å². The molecule has 0 aromatic heterocycles. The number of sulfonamides is 1. The second-order valence-corrected chi connectivity index (χ2v) is 12.2. The van der Waals surface area contributed by atoms with Crippen LogP contribution in [0.1, 0.15) is 24.8 Å². The number of piperidine rings is 1. The van der Waals surface area contributed by atoms with Crippen LogP contribution in [0.2, 0.25) is 10.0 Å². The van der Waals surface area contributed by atoms with E-state index in [-0.39, 0.29) is 27.4 Å². The molecule has 2 aliphatic rings. The zero-order valence-electron chi connectivity index (χ0n) is 19.6. The van der Waals surface area contributed by atoms with Gasteiger partial charge in [0, 0.05) is 36.2 Å². The van der Waals surface area contributed by atoms with Gasteiger partial charge in [-0.2, -0.15) is 4.31 Å². The van der Waals surface area contributed by atoms with Crippen molar-refractivity contribution in [1.29, 1.82) is 0 Å². The Morgan fingerprint density at radius 1 is 0.861 bits per heavy atom. The Morgan fingerprint density at radius 3 is 2.22 bits per heavy atom. The quantitative estimate of drug-likeness (QED) is 0.382. The van der Waals surface area contributed by atoms with Gasteiger partial charge in [-0.3, -0.25) is 4.79 Å². The summed E-state index contributed by atoms with van der Waals surface area (Å²) in [5.74, 6) is 1.50. The lowest BCUT2D eigenvalue weighted by atomic mass is 9.79. The second kappa shape index (κ2) is 10.1. The molecule has 6 nitrogen and oxygen atoms in total. The highest BCUT2D eigenvalue weighted by molar-refractivity contribution is 7.89. The predicted molar refractivity (Wildman–Crippen MR) is 140 cm³/mol. The van der Waals surface area contributed by atoms with Gasteiger partial charge in [0.05, 0.1) is 10.3 Å². The van der Waals surface area contributed by atoms with Crippen molar-refractivity contribution in [3.63, 3.8) is 0 Å². The molecule has 36 heavy (non-hydrogen) atoms. The fourth-order valence-electron chi connectivity index (χ4n) is 5.05. The highest BCUT2D eigenvalue weighted by Gasteiger charge is 2.50. The van der Waals surface area contributed by atoms with Crippen molar-refractivity contribution in [3.8, 4) is 11.5 Å².